The molecule has 0 radical (unpaired) electrons. The van der Waals surface area contributed by atoms with Crippen molar-refractivity contribution in [1.82, 2.24) is 57.5 Å². The van der Waals surface area contributed by atoms with E-state index >= 15 is 0 Å². The van der Waals surface area contributed by atoms with Crippen molar-refractivity contribution >= 4 is 41.4 Å². The first kappa shape index (κ1) is 53.0. The highest BCUT2D eigenvalue weighted by atomic mass is 16.2. The molecule has 0 aromatic heterocycles. The molecule has 0 heterocycles. The predicted molar refractivity (Wildman–Crippen MR) is 217 cm³/mol. The Labute approximate surface area is 337 Å². The molecule has 22 nitrogen and oxygen atoms in total. The normalized spacial score (nSPS) is 11.0. The van der Waals surface area contributed by atoms with Crippen molar-refractivity contribution < 1.29 is 33.6 Å². The highest BCUT2D eigenvalue weighted by molar-refractivity contribution is 5.78. The highest BCUT2D eigenvalue weighted by Gasteiger charge is 2.15. The van der Waals surface area contributed by atoms with Crippen LogP contribution in [0.2, 0.25) is 0 Å². The zero-order valence-corrected chi connectivity index (χ0v) is 34.1. The molecule has 7 amide bonds. The zero-order valence-electron chi connectivity index (χ0n) is 34.1. The lowest BCUT2D eigenvalue weighted by molar-refractivity contribution is -0.124. The Hall–Kier alpha value is -4.03. The van der Waals surface area contributed by atoms with Crippen LogP contribution in [-0.4, -0.2) is 181 Å². The Morgan fingerprint density at radius 3 is 1.05 bits per heavy atom. The first-order chi connectivity index (χ1) is 27.5. The van der Waals surface area contributed by atoms with Crippen LogP contribution in [-0.2, 0) is 33.6 Å². The second kappa shape index (κ2) is 36.3. The third kappa shape index (κ3) is 32.7. The summed E-state index contributed by atoms with van der Waals surface area (Å²) in [6, 6.07) is 0. The van der Waals surface area contributed by atoms with E-state index in [4.69, 9.17) is 22.9 Å². The number of carbonyl (C=O) groups excluding carboxylic acids is 7. The first-order valence-corrected chi connectivity index (χ1v) is 20.1. The molecule has 16 N–H and O–H groups in total. The second-order valence-corrected chi connectivity index (χ2v) is 13.1. The van der Waals surface area contributed by atoms with E-state index in [-0.39, 0.29) is 99.6 Å². The van der Waals surface area contributed by atoms with E-state index < -0.39 is 0 Å². The third-order valence-electron chi connectivity index (χ3n) is 8.23. The Balaban J connectivity index is 5.21. The molecular weight excluding hydrogens is 742 g/mol. The fraction of sp³-hybridized carbons (Fsp3) is 0.800. The molecule has 0 atom stereocenters. The van der Waals surface area contributed by atoms with E-state index in [1.54, 1.807) is 5.01 Å². The van der Waals surface area contributed by atoms with Crippen molar-refractivity contribution in [2.75, 3.05) is 124 Å². The van der Waals surface area contributed by atoms with Crippen molar-refractivity contribution in [2.24, 2.45) is 22.9 Å². The predicted octanol–water partition coefficient (Wildman–Crippen LogP) is -5.86. The first-order valence-electron chi connectivity index (χ1n) is 20.1. The zero-order chi connectivity index (χ0) is 42.5. The minimum Gasteiger partial charge on any atom is -0.355 e. The smallest absolute Gasteiger partial charge is 0.222 e. The van der Waals surface area contributed by atoms with Gasteiger partial charge in [0.25, 0.3) is 0 Å². The molecule has 330 valence electrons. The van der Waals surface area contributed by atoms with Crippen LogP contribution < -0.4 is 65.6 Å². The topological polar surface area (TPSA) is 330 Å². The molecule has 0 saturated heterocycles. The van der Waals surface area contributed by atoms with Crippen molar-refractivity contribution in [1.29, 1.82) is 0 Å². The highest BCUT2D eigenvalue weighted by Crippen LogP contribution is 1.99. The monoisotopic (exact) mass is 816 g/mol. The molecule has 0 aliphatic rings. The average molecular weight is 816 g/mol. The molecule has 0 unspecified atom stereocenters. The van der Waals surface area contributed by atoms with Crippen molar-refractivity contribution in [3.63, 3.8) is 0 Å². The summed E-state index contributed by atoms with van der Waals surface area (Å²) < 4.78 is 0. The van der Waals surface area contributed by atoms with Gasteiger partial charge >= 0.3 is 0 Å². The molecule has 22 heteroatoms. The molecule has 0 fully saturated rings. The van der Waals surface area contributed by atoms with Gasteiger partial charge in [0, 0.05) is 163 Å². The van der Waals surface area contributed by atoms with Gasteiger partial charge in [-0.15, -0.1) is 0 Å². The molecular formula is C35H73N15O7. The fourth-order valence-electron chi connectivity index (χ4n) is 5.07. The van der Waals surface area contributed by atoms with E-state index in [0.717, 1.165) is 0 Å². The van der Waals surface area contributed by atoms with E-state index in [0.29, 0.717) is 118 Å². The van der Waals surface area contributed by atoms with Crippen LogP contribution in [0, 0.1) is 0 Å². The Morgan fingerprint density at radius 2 is 0.684 bits per heavy atom. The number of hydrogen-bond donors (Lipinski definition) is 12. The summed E-state index contributed by atoms with van der Waals surface area (Å²) in [5.74, 6) is -1.25. The maximum absolute atomic E-state index is 13.0. The number of nitrogens with two attached hydrogens (primary N) is 4. The molecule has 57 heavy (non-hydrogen) atoms. The largest absolute Gasteiger partial charge is 0.355 e. The van der Waals surface area contributed by atoms with Gasteiger partial charge in [0.05, 0.1) is 6.67 Å². The Morgan fingerprint density at radius 1 is 0.368 bits per heavy atom. The Kier molecular flexibility index (Phi) is 33.8. The number of hydrogen-bond acceptors (Lipinski definition) is 15. The second-order valence-electron chi connectivity index (χ2n) is 13.1. The molecule has 0 saturated carbocycles. The van der Waals surface area contributed by atoms with E-state index in [1.807, 2.05) is 16.7 Å². The van der Waals surface area contributed by atoms with Crippen LogP contribution >= 0.6 is 0 Å². The molecule has 0 bridgehead atoms. The standard InChI is InChI=1S/C35H73N15O7/c1-2-3-29(51)44-19-26-49(23-7-33(55)45-20-27-48(21-5-31(53)41-16-11-37)22-6-32(54)42-17-12-38)24-8-35(57)46-28-50(25-9-34(56)43-18-13-39)47-14-4-30(52)40-15-10-36/h47H,2-28,36-39H2,1H3,(H,40,52)(H,41,53)(H,42,54)(H,43,56)(H,44,51)(H,45,55)(H,46,57). The molecule has 0 aliphatic carbocycles. The van der Waals surface area contributed by atoms with Gasteiger partial charge in [0.1, 0.15) is 0 Å². The SMILES string of the molecule is CCCC(=O)NCCN(CCC(=O)NCCN(CCC(=O)NCCN)CCC(=O)NCCN)CCC(=O)NCN(CCC(=O)NCCN)NCCC(=O)NCCN. The summed E-state index contributed by atoms with van der Waals surface area (Å²) in [5.41, 5.74) is 24.9. The van der Waals surface area contributed by atoms with Crippen LogP contribution in [0.25, 0.3) is 0 Å². The molecule has 0 aromatic rings. The maximum Gasteiger partial charge on any atom is 0.222 e. The lowest BCUT2D eigenvalue weighted by Crippen LogP contribution is -2.48. The van der Waals surface area contributed by atoms with E-state index in [2.05, 4.69) is 42.6 Å². The summed E-state index contributed by atoms with van der Waals surface area (Å²) in [6.45, 7) is 8.14. The van der Waals surface area contributed by atoms with Gasteiger partial charge in [-0.2, -0.15) is 0 Å². The summed E-state index contributed by atoms with van der Waals surface area (Å²) in [6.07, 6.45) is 2.08. The van der Waals surface area contributed by atoms with Crippen molar-refractivity contribution in [2.45, 2.75) is 58.3 Å². The Bertz CT molecular complexity index is 1130. The molecule has 0 aliphatic heterocycles. The van der Waals surface area contributed by atoms with Crippen molar-refractivity contribution in [3.8, 4) is 0 Å². The van der Waals surface area contributed by atoms with E-state index in [9.17, 15) is 33.6 Å². The number of rotatable bonds is 37. The van der Waals surface area contributed by atoms with Crippen molar-refractivity contribution in [3.05, 3.63) is 0 Å². The minimum absolute atomic E-state index is 0.0661. The van der Waals surface area contributed by atoms with Gasteiger partial charge in [-0.25, -0.2) is 5.01 Å². The van der Waals surface area contributed by atoms with Crippen LogP contribution in [0.1, 0.15) is 58.3 Å². The van der Waals surface area contributed by atoms with Crippen LogP contribution in [0.3, 0.4) is 0 Å². The molecule has 0 spiro atoms. The van der Waals surface area contributed by atoms with Gasteiger partial charge in [0.2, 0.25) is 41.4 Å². The third-order valence-corrected chi connectivity index (χ3v) is 8.23. The van der Waals surface area contributed by atoms with Gasteiger partial charge in [-0.1, -0.05) is 6.92 Å². The maximum atomic E-state index is 13.0. The van der Waals surface area contributed by atoms with Crippen LogP contribution in [0.15, 0.2) is 0 Å². The summed E-state index contributed by atoms with van der Waals surface area (Å²) in [4.78, 5) is 90.2. The quantitative estimate of drug-likeness (QED) is 0.0205. The number of nitrogens with zero attached hydrogens (tertiary/aromatic N) is 3. The summed E-state index contributed by atoms with van der Waals surface area (Å²) in [7, 11) is 0. The number of nitrogens with one attached hydrogen (secondary N) is 8. The van der Waals surface area contributed by atoms with Crippen LogP contribution in [0.4, 0.5) is 0 Å². The molecule has 0 rings (SSSR count). The van der Waals surface area contributed by atoms with Gasteiger partial charge in [-0.3, -0.25) is 39.0 Å². The van der Waals surface area contributed by atoms with Crippen LogP contribution in [0.5, 0.6) is 0 Å². The summed E-state index contributed by atoms with van der Waals surface area (Å²) >= 11 is 0. The van der Waals surface area contributed by atoms with Gasteiger partial charge < -0.3 is 70.0 Å². The summed E-state index contributed by atoms with van der Waals surface area (Å²) in [5, 5.41) is 21.1. The lowest BCUT2D eigenvalue weighted by Gasteiger charge is -2.25. The van der Waals surface area contributed by atoms with E-state index in [1.165, 1.54) is 0 Å². The average Bonchev–Trinajstić information content (AvgIpc) is 3.19. The molecule has 0 aromatic carbocycles. The van der Waals surface area contributed by atoms with Gasteiger partial charge in [0.15, 0.2) is 0 Å². The number of hydrazine groups is 1. The fourth-order valence-corrected chi connectivity index (χ4v) is 5.07. The minimum atomic E-state index is -0.270. The lowest BCUT2D eigenvalue weighted by atomic mass is 10.3. The van der Waals surface area contributed by atoms with Gasteiger partial charge in [-0.05, 0) is 6.42 Å². The number of amides is 7. The number of carbonyl (C=O) groups is 7.